The summed E-state index contributed by atoms with van der Waals surface area (Å²) in [7, 11) is 0. The zero-order valence-corrected chi connectivity index (χ0v) is 19.2. The molecule has 0 fully saturated rings. The maximum atomic E-state index is 6.15. The first kappa shape index (κ1) is 21.6. The van der Waals surface area contributed by atoms with Crippen molar-refractivity contribution in [3.8, 4) is 11.1 Å². The minimum Gasteiger partial charge on any atom is -0.355 e. The topological polar surface area (TPSA) is 28.2 Å². The summed E-state index contributed by atoms with van der Waals surface area (Å²) in [6, 6.07) is 22.4. The summed E-state index contributed by atoms with van der Waals surface area (Å²) in [4.78, 5) is 6.86. The molecule has 0 saturated heterocycles. The fourth-order valence-corrected chi connectivity index (χ4v) is 4.05. The molecular formula is C26H25Cl2N3. The third-order valence-electron chi connectivity index (χ3n) is 5.45. The predicted octanol–water partition coefficient (Wildman–Crippen LogP) is 7.79. The summed E-state index contributed by atoms with van der Waals surface area (Å²) in [6.45, 7) is 7.32. The Bertz CT molecular complexity index is 1190. The van der Waals surface area contributed by atoms with Crippen LogP contribution >= 0.6 is 23.2 Å². The fourth-order valence-electron chi connectivity index (χ4n) is 3.76. The molecule has 31 heavy (non-hydrogen) atoms. The molecule has 0 unspecified atom stereocenters. The molecule has 4 rings (SSSR count). The maximum absolute atomic E-state index is 6.15. The molecule has 3 aromatic carbocycles. The largest absolute Gasteiger partial charge is 0.355 e. The first-order chi connectivity index (χ1) is 15.1. The number of pyridine rings is 1. The van der Waals surface area contributed by atoms with E-state index in [9.17, 15) is 0 Å². The smallest absolute Gasteiger partial charge is 0.0737 e. The lowest BCUT2D eigenvalue weighted by molar-refractivity contribution is 0.296. The molecule has 5 heteroatoms. The van der Waals surface area contributed by atoms with Crippen molar-refractivity contribution in [1.29, 1.82) is 0 Å². The average Bonchev–Trinajstić information content (AvgIpc) is 2.77. The van der Waals surface area contributed by atoms with Gasteiger partial charge in [0.15, 0.2) is 0 Å². The van der Waals surface area contributed by atoms with Crippen LogP contribution < -0.4 is 5.32 Å². The Labute approximate surface area is 193 Å². The van der Waals surface area contributed by atoms with Crippen LogP contribution in [0.25, 0.3) is 22.0 Å². The highest BCUT2D eigenvalue weighted by Crippen LogP contribution is 2.31. The van der Waals surface area contributed by atoms with Gasteiger partial charge in [0.2, 0.25) is 0 Å². The van der Waals surface area contributed by atoms with Crippen LogP contribution in [0.5, 0.6) is 0 Å². The zero-order valence-electron chi connectivity index (χ0n) is 17.7. The number of fused-ring (bicyclic) bond motifs is 1. The molecule has 0 amide bonds. The Morgan fingerprint density at radius 1 is 0.806 bits per heavy atom. The van der Waals surface area contributed by atoms with Gasteiger partial charge in [-0.15, -0.1) is 0 Å². The first-order valence-corrected chi connectivity index (χ1v) is 11.2. The summed E-state index contributed by atoms with van der Waals surface area (Å²) in [6.07, 6.45) is 1.81. The van der Waals surface area contributed by atoms with Gasteiger partial charge >= 0.3 is 0 Å². The average molecular weight is 450 g/mol. The monoisotopic (exact) mass is 449 g/mol. The van der Waals surface area contributed by atoms with Crippen molar-refractivity contribution in [2.24, 2.45) is 0 Å². The number of halogens is 2. The van der Waals surface area contributed by atoms with Gasteiger partial charge in [-0.3, -0.25) is 9.88 Å². The minimum atomic E-state index is 0.684. The molecular weight excluding hydrogens is 425 g/mol. The van der Waals surface area contributed by atoms with Crippen LogP contribution in [0.4, 0.5) is 11.4 Å². The van der Waals surface area contributed by atoms with Crippen molar-refractivity contribution in [3.05, 3.63) is 88.5 Å². The Morgan fingerprint density at radius 2 is 1.55 bits per heavy atom. The summed E-state index contributed by atoms with van der Waals surface area (Å²) >= 11 is 12.3. The van der Waals surface area contributed by atoms with E-state index in [1.165, 1.54) is 5.56 Å². The van der Waals surface area contributed by atoms with Crippen LogP contribution in [0.1, 0.15) is 19.4 Å². The minimum absolute atomic E-state index is 0.684. The Balaban J connectivity index is 1.75. The highest BCUT2D eigenvalue weighted by molar-refractivity contribution is 6.31. The van der Waals surface area contributed by atoms with Crippen LogP contribution in [0.3, 0.4) is 0 Å². The summed E-state index contributed by atoms with van der Waals surface area (Å²) in [5.74, 6) is 0. The van der Waals surface area contributed by atoms with Gasteiger partial charge < -0.3 is 5.32 Å². The summed E-state index contributed by atoms with van der Waals surface area (Å²) in [5, 5.41) is 6.07. The van der Waals surface area contributed by atoms with Gasteiger partial charge in [-0.25, -0.2) is 0 Å². The second-order valence-corrected chi connectivity index (χ2v) is 8.40. The molecule has 158 valence electrons. The third kappa shape index (κ3) is 5.19. The third-order valence-corrected chi connectivity index (χ3v) is 5.94. The van der Waals surface area contributed by atoms with E-state index in [2.05, 4.69) is 59.4 Å². The van der Waals surface area contributed by atoms with Crippen molar-refractivity contribution >= 4 is 45.5 Å². The SMILES string of the molecule is CCN(CC)Cc1cc(Nc2ccnc3cc(Cl)ccc23)cc(-c2ccc(Cl)cc2)c1. The molecule has 3 nitrogen and oxygen atoms in total. The van der Waals surface area contributed by atoms with Gasteiger partial charge in [0, 0.05) is 39.5 Å². The van der Waals surface area contributed by atoms with E-state index >= 15 is 0 Å². The second-order valence-electron chi connectivity index (χ2n) is 7.53. The molecule has 4 aromatic rings. The standard InChI is InChI=1S/C26H25Cl2N3/c1-3-31(4-2)17-18-13-20(19-5-7-21(27)8-6-19)15-23(14-18)30-25-11-12-29-26-16-22(28)9-10-24(25)26/h5-16H,3-4,17H2,1-2H3,(H,29,30). The van der Waals surface area contributed by atoms with Crippen molar-refractivity contribution in [2.75, 3.05) is 18.4 Å². The fraction of sp³-hybridized carbons (Fsp3) is 0.192. The van der Waals surface area contributed by atoms with Crippen molar-refractivity contribution in [1.82, 2.24) is 9.88 Å². The molecule has 1 heterocycles. The molecule has 0 radical (unpaired) electrons. The molecule has 1 aromatic heterocycles. The molecule has 0 aliphatic carbocycles. The first-order valence-electron chi connectivity index (χ1n) is 10.5. The van der Waals surface area contributed by atoms with E-state index in [1.807, 2.05) is 36.4 Å². The van der Waals surface area contributed by atoms with E-state index in [1.54, 1.807) is 6.20 Å². The second kappa shape index (κ2) is 9.69. The van der Waals surface area contributed by atoms with E-state index in [4.69, 9.17) is 23.2 Å². The van der Waals surface area contributed by atoms with E-state index in [-0.39, 0.29) is 0 Å². The maximum Gasteiger partial charge on any atom is 0.0737 e. The molecule has 0 aliphatic heterocycles. The molecule has 0 saturated carbocycles. The molecule has 0 atom stereocenters. The van der Waals surface area contributed by atoms with Crippen molar-refractivity contribution in [3.63, 3.8) is 0 Å². The number of nitrogens with zero attached hydrogens (tertiary/aromatic N) is 2. The number of aromatic nitrogens is 1. The molecule has 1 N–H and O–H groups in total. The van der Waals surface area contributed by atoms with Gasteiger partial charge in [0.05, 0.1) is 5.52 Å². The van der Waals surface area contributed by atoms with E-state index in [0.717, 1.165) is 58.1 Å². The van der Waals surface area contributed by atoms with Gasteiger partial charge in [0.1, 0.15) is 0 Å². The lowest BCUT2D eigenvalue weighted by Gasteiger charge is -2.20. The van der Waals surface area contributed by atoms with Crippen LogP contribution in [0.15, 0.2) is 72.9 Å². The zero-order chi connectivity index (χ0) is 21.8. The van der Waals surface area contributed by atoms with Gasteiger partial charge in [-0.2, -0.15) is 0 Å². The number of anilines is 2. The number of rotatable bonds is 7. The highest BCUT2D eigenvalue weighted by Gasteiger charge is 2.09. The van der Waals surface area contributed by atoms with Gasteiger partial charge in [0.25, 0.3) is 0 Å². The lowest BCUT2D eigenvalue weighted by atomic mass is 10.0. The van der Waals surface area contributed by atoms with Crippen molar-refractivity contribution < 1.29 is 0 Å². The molecule has 0 spiro atoms. The van der Waals surface area contributed by atoms with Crippen molar-refractivity contribution in [2.45, 2.75) is 20.4 Å². The number of nitrogens with one attached hydrogen (secondary N) is 1. The Morgan fingerprint density at radius 3 is 2.29 bits per heavy atom. The van der Waals surface area contributed by atoms with Crippen LogP contribution in [-0.2, 0) is 6.54 Å². The molecule has 0 aliphatic rings. The van der Waals surface area contributed by atoms with E-state index < -0.39 is 0 Å². The number of benzene rings is 3. The lowest BCUT2D eigenvalue weighted by Crippen LogP contribution is -2.22. The molecule has 0 bridgehead atoms. The number of hydrogen-bond donors (Lipinski definition) is 1. The van der Waals surface area contributed by atoms with Gasteiger partial charge in [-0.05, 0) is 84.4 Å². The van der Waals surface area contributed by atoms with Crippen LogP contribution in [0, 0.1) is 0 Å². The van der Waals surface area contributed by atoms with Gasteiger partial charge in [-0.1, -0.05) is 49.2 Å². The quantitative estimate of drug-likeness (QED) is 0.311. The van der Waals surface area contributed by atoms with E-state index in [0.29, 0.717) is 5.02 Å². The predicted molar refractivity (Wildman–Crippen MR) is 134 cm³/mol. The summed E-state index contributed by atoms with van der Waals surface area (Å²) in [5.41, 5.74) is 6.47. The summed E-state index contributed by atoms with van der Waals surface area (Å²) < 4.78 is 0. The van der Waals surface area contributed by atoms with Crippen LogP contribution in [-0.4, -0.2) is 23.0 Å². The normalized spacial score (nSPS) is 11.3. The Hall–Kier alpha value is -2.59. The Kier molecular flexibility index (Phi) is 6.77. The highest BCUT2D eigenvalue weighted by atomic mass is 35.5. The number of hydrogen-bond acceptors (Lipinski definition) is 3. The van der Waals surface area contributed by atoms with Crippen LogP contribution in [0.2, 0.25) is 10.0 Å².